The maximum Gasteiger partial charge on any atom is 0.271 e. The summed E-state index contributed by atoms with van der Waals surface area (Å²) in [6.07, 6.45) is 0. The lowest BCUT2D eigenvalue weighted by molar-refractivity contribution is 0.0766. The van der Waals surface area contributed by atoms with Gasteiger partial charge < -0.3 is 9.64 Å². The van der Waals surface area contributed by atoms with Crippen LogP contribution in [0.25, 0.3) is 11.3 Å². The van der Waals surface area contributed by atoms with Gasteiger partial charge in [0.1, 0.15) is 11.4 Å². The Morgan fingerprint density at radius 2 is 1.95 bits per heavy atom. The van der Waals surface area contributed by atoms with Gasteiger partial charge in [-0.25, -0.2) is 0 Å². The van der Waals surface area contributed by atoms with Crippen LogP contribution in [0, 0.1) is 0 Å². The summed E-state index contributed by atoms with van der Waals surface area (Å²) >= 11 is 1.89. The smallest absolute Gasteiger partial charge is 0.271 e. The lowest BCUT2D eigenvalue weighted by atomic mass is 10.1. The molecule has 0 spiro atoms. The van der Waals surface area contributed by atoms with Gasteiger partial charge in [0.2, 0.25) is 0 Å². The van der Waals surface area contributed by atoms with E-state index in [-0.39, 0.29) is 18.3 Å². The Morgan fingerprint density at radius 3 is 2.59 bits per heavy atom. The van der Waals surface area contributed by atoms with Crippen molar-refractivity contribution in [3.05, 3.63) is 36.0 Å². The largest absolute Gasteiger partial charge is 0.497 e. The van der Waals surface area contributed by atoms with E-state index >= 15 is 0 Å². The van der Waals surface area contributed by atoms with E-state index in [4.69, 9.17) is 4.74 Å². The highest BCUT2D eigenvalue weighted by Crippen LogP contribution is 2.22. The predicted octanol–water partition coefficient (Wildman–Crippen LogP) is 2.70. The van der Waals surface area contributed by atoms with Gasteiger partial charge >= 0.3 is 0 Å². The molecular weight excluding hydrogens is 322 g/mol. The fourth-order valence-corrected chi connectivity index (χ4v) is 3.18. The van der Waals surface area contributed by atoms with Gasteiger partial charge in [0, 0.05) is 30.2 Å². The number of aromatic nitrogens is 2. The van der Waals surface area contributed by atoms with E-state index in [1.165, 1.54) is 0 Å². The first-order valence-corrected chi connectivity index (χ1v) is 8.00. The summed E-state index contributed by atoms with van der Waals surface area (Å²) in [5.41, 5.74) is 2.28. The molecule has 1 aliphatic rings. The first kappa shape index (κ1) is 16.7. The number of benzene rings is 1. The van der Waals surface area contributed by atoms with Crippen LogP contribution in [0.2, 0.25) is 0 Å². The number of hydrogen-bond acceptors (Lipinski definition) is 4. The molecule has 0 aliphatic carbocycles. The quantitative estimate of drug-likeness (QED) is 0.934. The fourth-order valence-electron chi connectivity index (χ4n) is 2.28. The molecule has 1 fully saturated rings. The molecule has 118 valence electrons. The molecule has 5 nitrogen and oxygen atoms in total. The number of H-pyrrole nitrogens is 1. The number of amides is 1. The minimum absolute atomic E-state index is 0. The highest BCUT2D eigenvalue weighted by Gasteiger charge is 2.20. The second kappa shape index (κ2) is 7.56. The van der Waals surface area contributed by atoms with E-state index in [0.29, 0.717) is 5.69 Å². The minimum Gasteiger partial charge on any atom is -0.497 e. The monoisotopic (exact) mass is 339 g/mol. The maximum absolute atomic E-state index is 12.4. The van der Waals surface area contributed by atoms with Gasteiger partial charge in [0.05, 0.1) is 12.8 Å². The Labute approximate surface area is 139 Å². The summed E-state index contributed by atoms with van der Waals surface area (Å²) < 4.78 is 5.14. The first-order chi connectivity index (χ1) is 10.3. The van der Waals surface area contributed by atoms with Crippen molar-refractivity contribution < 1.29 is 9.53 Å². The van der Waals surface area contributed by atoms with Crippen LogP contribution in [-0.2, 0) is 0 Å². The second-order valence-electron chi connectivity index (χ2n) is 4.80. The van der Waals surface area contributed by atoms with Gasteiger partial charge in [-0.3, -0.25) is 9.89 Å². The highest BCUT2D eigenvalue weighted by atomic mass is 35.5. The van der Waals surface area contributed by atoms with Crippen molar-refractivity contribution >= 4 is 30.1 Å². The Balaban J connectivity index is 0.00000176. The molecule has 0 bridgehead atoms. The molecule has 0 radical (unpaired) electrons. The van der Waals surface area contributed by atoms with E-state index in [1.54, 1.807) is 7.11 Å². The van der Waals surface area contributed by atoms with Crippen LogP contribution in [0.4, 0.5) is 0 Å². The third-order valence-electron chi connectivity index (χ3n) is 3.49. The normalized spacial score (nSPS) is 14.3. The zero-order valence-corrected chi connectivity index (χ0v) is 13.9. The van der Waals surface area contributed by atoms with Crippen LogP contribution in [0.1, 0.15) is 10.5 Å². The number of carbonyl (C=O) groups excluding carboxylic acids is 1. The molecule has 1 saturated heterocycles. The van der Waals surface area contributed by atoms with Crippen LogP contribution in [0.3, 0.4) is 0 Å². The van der Waals surface area contributed by atoms with E-state index in [9.17, 15) is 4.79 Å². The minimum atomic E-state index is 0. The Bertz CT molecular complexity index is 624. The van der Waals surface area contributed by atoms with Crippen molar-refractivity contribution in [1.29, 1.82) is 0 Å². The summed E-state index contributed by atoms with van der Waals surface area (Å²) in [5, 5.41) is 7.09. The van der Waals surface area contributed by atoms with E-state index in [2.05, 4.69) is 10.2 Å². The number of ether oxygens (including phenoxy) is 1. The van der Waals surface area contributed by atoms with Gasteiger partial charge in [-0.1, -0.05) is 0 Å². The molecule has 3 rings (SSSR count). The predicted molar refractivity (Wildman–Crippen MR) is 91.1 cm³/mol. The summed E-state index contributed by atoms with van der Waals surface area (Å²) in [4.78, 5) is 14.2. The van der Waals surface area contributed by atoms with E-state index < -0.39 is 0 Å². The zero-order chi connectivity index (χ0) is 14.7. The van der Waals surface area contributed by atoms with Crippen molar-refractivity contribution in [2.24, 2.45) is 0 Å². The van der Waals surface area contributed by atoms with Gasteiger partial charge in [0.25, 0.3) is 5.91 Å². The number of thioether (sulfide) groups is 1. The lowest BCUT2D eigenvalue weighted by Gasteiger charge is -2.25. The molecule has 1 aromatic carbocycles. The van der Waals surface area contributed by atoms with Gasteiger partial charge in [-0.2, -0.15) is 16.9 Å². The topological polar surface area (TPSA) is 58.2 Å². The Kier molecular flexibility index (Phi) is 5.74. The standard InChI is InChI=1S/C15H17N3O2S.ClH/c1-20-12-4-2-11(3-5-12)13-10-14(17-16-13)15(19)18-6-8-21-9-7-18;/h2-5,10H,6-9H2,1H3,(H,16,17);1H. The van der Waals surface area contributed by atoms with Crippen LogP contribution < -0.4 is 4.74 Å². The second-order valence-corrected chi connectivity index (χ2v) is 6.02. The maximum atomic E-state index is 12.4. The van der Waals surface area contributed by atoms with Crippen molar-refractivity contribution in [3.63, 3.8) is 0 Å². The number of halogens is 1. The average Bonchev–Trinajstić information content (AvgIpc) is 3.05. The molecule has 1 amide bonds. The third-order valence-corrected chi connectivity index (χ3v) is 4.43. The molecule has 1 aliphatic heterocycles. The number of rotatable bonds is 3. The lowest BCUT2D eigenvalue weighted by Crippen LogP contribution is -2.38. The number of aromatic amines is 1. The number of carbonyl (C=O) groups is 1. The van der Waals surface area contributed by atoms with Crippen molar-refractivity contribution in [2.75, 3.05) is 31.7 Å². The molecule has 0 unspecified atom stereocenters. The van der Waals surface area contributed by atoms with Crippen molar-refractivity contribution in [2.45, 2.75) is 0 Å². The van der Waals surface area contributed by atoms with Crippen LogP contribution in [0.15, 0.2) is 30.3 Å². The summed E-state index contributed by atoms with van der Waals surface area (Å²) in [6.45, 7) is 1.61. The van der Waals surface area contributed by atoms with E-state index in [0.717, 1.165) is 41.6 Å². The number of methoxy groups -OCH3 is 1. The Morgan fingerprint density at radius 1 is 1.27 bits per heavy atom. The van der Waals surface area contributed by atoms with Crippen molar-refractivity contribution in [3.8, 4) is 17.0 Å². The van der Waals surface area contributed by atoms with Gasteiger partial charge in [-0.05, 0) is 30.3 Å². The molecule has 7 heteroatoms. The molecule has 22 heavy (non-hydrogen) atoms. The average molecular weight is 340 g/mol. The SMILES string of the molecule is COc1ccc(-c2cc(C(=O)N3CCSCC3)[nH]n2)cc1.Cl. The summed E-state index contributed by atoms with van der Waals surface area (Å²) in [7, 11) is 1.64. The first-order valence-electron chi connectivity index (χ1n) is 6.85. The molecule has 0 atom stereocenters. The number of hydrogen-bond donors (Lipinski definition) is 1. The third kappa shape index (κ3) is 3.56. The fraction of sp³-hybridized carbons (Fsp3) is 0.333. The van der Waals surface area contributed by atoms with Crippen LogP contribution >= 0.6 is 24.2 Å². The summed E-state index contributed by atoms with van der Waals surface area (Å²) in [5.74, 6) is 2.84. The Hall–Kier alpha value is -1.66. The van der Waals surface area contributed by atoms with Crippen LogP contribution in [0.5, 0.6) is 5.75 Å². The van der Waals surface area contributed by atoms with Crippen LogP contribution in [-0.4, -0.2) is 52.7 Å². The number of nitrogens with one attached hydrogen (secondary N) is 1. The summed E-state index contributed by atoms with van der Waals surface area (Å²) in [6, 6.07) is 9.44. The molecule has 2 heterocycles. The number of nitrogens with zero attached hydrogens (tertiary/aromatic N) is 2. The molecule has 1 aromatic heterocycles. The molecule has 1 N–H and O–H groups in total. The van der Waals surface area contributed by atoms with E-state index in [1.807, 2.05) is 47.0 Å². The van der Waals surface area contributed by atoms with Gasteiger partial charge in [-0.15, -0.1) is 12.4 Å². The zero-order valence-electron chi connectivity index (χ0n) is 12.2. The molecule has 2 aromatic rings. The molecule has 0 saturated carbocycles. The van der Waals surface area contributed by atoms with Gasteiger partial charge in [0.15, 0.2) is 0 Å². The van der Waals surface area contributed by atoms with Crippen molar-refractivity contribution in [1.82, 2.24) is 15.1 Å². The highest BCUT2D eigenvalue weighted by molar-refractivity contribution is 7.99. The molecular formula is C15H18ClN3O2S.